The van der Waals surface area contributed by atoms with Crippen molar-refractivity contribution >= 4 is 16.5 Å². The van der Waals surface area contributed by atoms with Gasteiger partial charge in [-0.15, -0.1) is 0 Å². The van der Waals surface area contributed by atoms with Crippen LogP contribution in [0.25, 0.3) is 0 Å². The predicted molar refractivity (Wildman–Crippen MR) is 118 cm³/mol. The van der Waals surface area contributed by atoms with E-state index in [1.165, 1.54) is 64.7 Å². The number of rotatable bonds is 6. The van der Waals surface area contributed by atoms with Gasteiger partial charge >= 0.3 is 181 Å². The molecule has 5 heteroatoms. The monoisotopic (exact) mass is 474 g/mol. The summed E-state index contributed by atoms with van der Waals surface area (Å²) in [5.74, 6) is 0. The van der Waals surface area contributed by atoms with E-state index in [2.05, 4.69) is 59.6 Å². The Bertz CT molecular complexity index is 646. The molecule has 2 aliphatic heterocycles. The van der Waals surface area contributed by atoms with Crippen molar-refractivity contribution in [2.45, 2.75) is 64.7 Å². The zero-order chi connectivity index (χ0) is 19.1. The van der Waals surface area contributed by atoms with Gasteiger partial charge in [-0.2, -0.15) is 0 Å². The van der Waals surface area contributed by atoms with Crippen LogP contribution in [0.15, 0.2) is 41.3 Å². The van der Waals surface area contributed by atoms with Crippen molar-refractivity contribution in [3.05, 3.63) is 41.3 Å². The van der Waals surface area contributed by atoms with E-state index in [9.17, 15) is 0 Å². The van der Waals surface area contributed by atoms with Gasteiger partial charge in [-0.1, -0.05) is 0 Å². The Morgan fingerprint density at radius 2 is 1.04 bits per heavy atom. The van der Waals surface area contributed by atoms with Crippen molar-refractivity contribution < 1.29 is 23.2 Å². The standard InChI is InChI=1S/2C11H18NSi.Zr/c2*1-13(2,11-7-3-4-8-11)12-9-5-6-10-12;/h2*3,7H,4-6,9-10H2,1-2H3;. The van der Waals surface area contributed by atoms with E-state index in [1.807, 2.05) is 17.0 Å². The molecule has 2 nitrogen and oxygen atoms in total. The topological polar surface area (TPSA) is 6.48 Å². The van der Waals surface area contributed by atoms with Crippen LogP contribution in [0.2, 0.25) is 26.2 Å². The average Bonchev–Trinajstić information content (AvgIpc) is 3.40. The quantitative estimate of drug-likeness (QED) is 0.489. The first kappa shape index (κ1) is 20.5. The van der Waals surface area contributed by atoms with Crippen LogP contribution >= 0.6 is 0 Å². The number of nitrogens with zero attached hydrogens (tertiary/aromatic N) is 2. The van der Waals surface area contributed by atoms with Crippen LogP contribution in [0.1, 0.15) is 38.5 Å². The summed E-state index contributed by atoms with van der Waals surface area (Å²) in [6.07, 6.45) is 18.3. The summed E-state index contributed by atoms with van der Waals surface area (Å²) in [6, 6.07) is 0. The van der Waals surface area contributed by atoms with Gasteiger partial charge in [0.25, 0.3) is 0 Å². The Balaban J connectivity index is 1.60. The fourth-order valence-corrected chi connectivity index (χ4v) is 20.1. The molecule has 0 saturated carbocycles. The minimum atomic E-state index is -1.44. The Kier molecular flexibility index (Phi) is 6.17. The van der Waals surface area contributed by atoms with E-state index < -0.39 is 39.7 Å². The van der Waals surface area contributed by atoms with Crippen LogP contribution in [-0.2, 0) is 23.2 Å². The maximum atomic E-state index is 2.88. The Labute approximate surface area is 180 Å². The number of hydrogen-bond donors (Lipinski definition) is 0. The van der Waals surface area contributed by atoms with E-state index in [0.29, 0.717) is 0 Å². The molecule has 0 aromatic carbocycles. The molecule has 2 fully saturated rings. The third-order valence-corrected chi connectivity index (χ3v) is 19.9. The molecule has 4 rings (SSSR count). The predicted octanol–water partition coefficient (Wildman–Crippen LogP) is 5.18. The molecule has 0 unspecified atom stereocenters. The normalized spacial score (nSPS) is 24.9. The van der Waals surface area contributed by atoms with Gasteiger partial charge in [-0.05, 0) is 0 Å². The molecule has 0 spiro atoms. The molecule has 146 valence electrons. The van der Waals surface area contributed by atoms with Crippen LogP contribution in [0.5, 0.6) is 0 Å². The minimum absolute atomic E-state index is 0.636. The van der Waals surface area contributed by atoms with E-state index in [4.69, 9.17) is 0 Å². The average molecular weight is 476 g/mol. The molecule has 4 aliphatic rings. The van der Waals surface area contributed by atoms with Gasteiger partial charge < -0.3 is 0 Å². The van der Waals surface area contributed by atoms with Crippen LogP contribution in [0.3, 0.4) is 0 Å². The summed E-state index contributed by atoms with van der Waals surface area (Å²) in [5, 5.41) is 3.66. The fourth-order valence-electron chi connectivity index (χ4n) is 5.47. The van der Waals surface area contributed by atoms with Crippen LogP contribution in [0.4, 0.5) is 0 Å². The van der Waals surface area contributed by atoms with Gasteiger partial charge in [0.15, 0.2) is 0 Å². The van der Waals surface area contributed by atoms with E-state index in [-0.39, 0.29) is 0 Å². The zero-order valence-electron chi connectivity index (χ0n) is 17.8. The SMILES string of the molecule is C[Si](C)(C1=[C]([Zr][C]2=C([Si](C)(C)N3CCCC3)C=CC2)CC=C1)N1CCCC1. The molecule has 0 radical (unpaired) electrons. The fraction of sp³-hybridized carbons (Fsp3) is 0.636. The van der Waals surface area contributed by atoms with E-state index in [0.717, 1.165) is 0 Å². The Morgan fingerprint density at radius 3 is 1.41 bits per heavy atom. The molecule has 0 atom stereocenters. The molecule has 0 aromatic rings. The van der Waals surface area contributed by atoms with Gasteiger partial charge in [0.1, 0.15) is 0 Å². The first-order chi connectivity index (χ1) is 12.9. The van der Waals surface area contributed by atoms with Gasteiger partial charge in [0, 0.05) is 0 Å². The van der Waals surface area contributed by atoms with Crippen molar-refractivity contribution in [2.75, 3.05) is 26.2 Å². The second-order valence-electron chi connectivity index (χ2n) is 9.63. The zero-order valence-corrected chi connectivity index (χ0v) is 22.2. The van der Waals surface area contributed by atoms with Gasteiger partial charge in [-0.25, -0.2) is 0 Å². The second-order valence-corrected chi connectivity index (χ2v) is 21.8. The third-order valence-electron chi connectivity index (χ3n) is 7.28. The van der Waals surface area contributed by atoms with E-state index >= 15 is 0 Å². The summed E-state index contributed by atoms with van der Waals surface area (Å²) in [5.41, 5.74) is 0. The maximum absolute atomic E-state index is 2.88. The van der Waals surface area contributed by atoms with Crippen molar-refractivity contribution in [1.82, 2.24) is 9.13 Å². The van der Waals surface area contributed by atoms with Gasteiger partial charge in [0.05, 0.1) is 0 Å². The first-order valence-corrected chi connectivity index (χ1v) is 19.3. The number of allylic oxidation sites excluding steroid dienone is 8. The molecule has 0 N–H and O–H groups in total. The molecule has 2 heterocycles. The summed E-state index contributed by atoms with van der Waals surface area (Å²) >= 11 is -0.636. The van der Waals surface area contributed by atoms with Gasteiger partial charge in [-0.3, -0.25) is 0 Å². The van der Waals surface area contributed by atoms with E-state index in [1.54, 1.807) is 0 Å². The Hall–Kier alpha value is 0.197. The molecule has 2 aliphatic carbocycles. The van der Waals surface area contributed by atoms with Crippen LogP contribution < -0.4 is 0 Å². The van der Waals surface area contributed by atoms with Crippen molar-refractivity contribution in [3.8, 4) is 0 Å². The molecular formula is C22H36N2Si2Zr. The molecule has 2 saturated heterocycles. The summed E-state index contributed by atoms with van der Waals surface area (Å²) in [6.45, 7) is 15.9. The summed E-state index contributed by atoms with van der Waals surface area (Å²) in [4.78, 5) is 0. The van der Waals surface area contributed by atoms with Crippen molar-refractivity contribution in [1.29, 1.82) is 0 Å². The molecule has 27 heavy (non-hydrogen) atoms. The summed E-state index contributed by atoms with van der Waals surface area (Å²) in [7, 11) is -2.88. The first-order valence-electron chi connectivity index (χ1n) is 11.0. The number of hydrogen-bond acceptors (Lipinski definition) is 2. The summed E-state index contributed by atoms with van der Waals surface area (Å²) < 4.78 is 9.60. The van der Waals surface area contributed by atoms with Crippen molar-refractivity contribution in [3.63, 3.8) is 0 Å². The third kappa shape index (κ3) is 3.96. The molecule has 0 amide bonds. The molecule has 0 bridgehead atoms. The van der Waals surface area contributed by atoms with Crippen molar-refractivity contribution in [2.24, 2.45) is 0 Å². The Morgan fingerprint density at radius 1 is 0.667 bits per heavy atom. The molecule has 0 aromatic heterocycles. The van der Waals surface area contributed by atoms with Crippen LogP contribution in [-0.4, -0.2) is 51.8 Å². The molecular weight excluding hydrogens is 440 g/mol. The second kappa shape index (κ2) is 8.14. The van der Waals surface area contributed by atoms with Gasteiger partial charge in [0.2, 0.25) is 0 Å². The van der Waals surface area contributed by atoms with Crippen LogP contribution in [0, 0.1) is 0 Å².